The molecule has 1 heterocycles. The van der Waals surface area contributed by atoms with Crippen molar-refractivity contribution in [2.45, 2.75) is 66.5 Å². The van der Waals surface area contributed by atoms with Crippen molar-refractivity contribution in [2.75, 3.05) is 26.7 Å². The molecule has 150 valence electrons. The van der Waals surface area contributed by atoms with E-state index in [1.807, 2.05) is 11.7 Å². The lowest BCUT2D eigenvalue weighted by molar-refractivity contribution is 0.0266. The predicted molar refractivity (Wildman–Crippen MR) is 110 cm³/mol. The molecule has 6 heteroatoms. The topological polar surface area (TPSA) is 54.7 Å². The third kappa shape index (κ3) is 6.98. The van der Waals surface area contributed by atoms with Crippen molar-refractivity contribution in [1.82, 2.24) is 20.0 Å². The molecule has 0 fully saturated rings. The van der Waals surface area contributed by atoms with Crippen molar-refractivity contribution in [3.63, 3.8) is 0 Å². The quantitative estimate of drug-likeness (QED) is 0.510. The highest BCUT2D eigenvalue weighted by Crippen LogP contribution is 2.18. The van der Waals surface area contributed by atoms with Gasteiger partial charge in [-0.25, -0.2) is 0 Å². The van der Waals surface area contributed by atoms with Gasteiger partial charge >= 0.3 is 0 Å². The molecular weight excluding hydrogens is 326 g/mol. The standard InChI is InChI=1S/C20H39N5O/c1-9-21-20(22-12-11-18(15(3)4)26-10-2)24(7)13-17-14-25(8)23-19(17)16(5)6/h14-16,18H,9-13H2,1-8H3,(H,21,22). The number of aromatic nitrogens is 2. The number of nitrogens with zero attached hydrogens (tertiary/aromatic N) is 4. The first-order chi connectivity index (χ1) is 12.3. The highest BCUT2D eigenvalue weighted by Gasteiger charge is 2.16. The number of hydrogen-bond donors (Lipinski definition) is 1. The van der Waals surface area contributed by atoms with Gasteiger partial charge in [-0.15, -0.1) is 0 Å². The van der Waals surface area contributed by atoms with Gasteiger partial charge in [0.1, 0.15) is 0 Å². The Labute approximate surface area is 160 Å². The smallest absolute Gasteiger partial charge is 0.193 e. The Balaban J connectivity index is 2.78. The Kier molecular flexibility index (Phi) is 9.70. The Hall–Kier alpha value is -1.56. The molecule has 1 N–H and O–H groups in total. The maximum absolute atomic E-state index is 5.83. The summed E-state index contributed by atoms with van der Waals surface area (Å²) in [6, 6.07) is 0. The lowest BCUT2D eigenvalue weighted by atomic mass is 10.0. The van der Waals surface area contributed by atoms with Gasteiger partial charge in [-0.2, -0.15) is 5.10 Å². The zero-order valence-corrected chi connectivity index (χ0v) is 18.0. The second-order valence-electron chi connectivity index (χ2n) is 7.49. The minimum absolute atomic E-state index is 0.266. The molecule has 0 aliphatic heterocycles. The Bertz CT molecular complexity index is 550. The molecule has 0 saturated heterocycles. The van der Waals surface area contributed by atoms with Crippen molar-refractivity contribution in [3.8, 4) is 0 Å². The van der Waals surface area contributed by atoms with Gasteiger partial charge in [-0.05, 0) is 32.1 Å². The van der Waals surface area contributed by atoms with Gasteiger partial charge in [0, 0.05) is 52.1 Å². The minimum Gasteiger partial charge on any atom is -0.378 e. The van der Waals surface area contributed by atoms with Crippen LogP contribution in [0.3, 0.4) is 0 Å². The molecule has 0 aliphatic rings. The third-order valence-corrected chi connectivity index (χ3v) is 4.39. The number of guanidine groups is 1. The van der Waals surface area contributed by atoms with Gasteiger partial charge in [0.2, 0.25) is 0 Å². The Morgan fingerprint density at radius 3 is 2.54 bits per heavy atom. The number of hydrogen-bond acceptors (Lipinski definition) is 3. The average Bonchev–Trinajstić information content (AvgIpc) is 2.93. The zero-order chi connectivity index (χ0) is 19.7. The van der Waals surface area contributed by atoms with Crippen LogP contribution in [0.2, 0.25) is 0 Å². The molecular formula is C20H39N5O. The fraction of sp³-hybridized carbons (Fsp3) is 0.800. The number of ether oxygens (including phenoxy) is 1. The molecule has 0 aliphatic carbocycles. The molecule has 0 aromatic carbocycles. The van der Waals surface area contributed by atoms with Crippen molar-refractivity contribution < 1.29 is 4.74 Å². The van der Waals surface area contributed by atoms with Gasteiger partial charge in [0.15, 0.2) is 5.96 Å². The van der Waals surface area contributed by atoms with Crippen molar-refractivity contribution in [3.05, 3.63) is 17.5 Å². The summed E-state index contributed by atoms with van der Waals surface area (Å²) in [6.45, 7) is 16.1. The summed E-state index contributed by atoms with van der Waals surface area (Å²) in [7, 11) is 4.07. The van der Waals surface area contributed by atoms with Crippen LogP contribution in [0.5, 0.6) is 0 Å². The summed E-state index contributed by atoms with van der Waals surface area (Å²) in [5.74, 6) is 1.86. The molecule has 1 unspecified atom stereocenters. The Morgan fingerprint density at radius 1 is 1.31 bits per heavy atom. The third-order valence-electron chi connectivity index (χ3n) is 4.39. The monoisotopic (exact) mass is 365 g/mol. The molecule has 0 bridgehead atoms. The average molecular weight is 366 g/mol. The number of rotatable bonds is 10. The first-order valence-electron chi connectivity index (χ1n) is 9.93. The maximum Gasteiger partial charge on any atom is 0.193 e. The summed E-state index contributed by atoms with van der Waals surface area (Å²) in [4.78, 5) is 7.00. The van der Waals surface area contributed by atoms with Crippen LogP contribution in [0.1, 0.15) is 65.1 Å². The highest BCUT2D eigenvalue weighted by atomic mass is 16.5. The van der Waals surface area contributed by atoms with Crippen molar-refractivity contribution >= 4 is 5.96 Å². The van der Waals surface area contributed by atoms with E-state index in [4.69, 9.17) is 9.73 Å². The van der Waals surface area contributed by atoms with Crippen LogP contribution < -0.4 is 5.32 Å². The Morgan fingerprint density at radius 2 is 2.00 bits per heavy atom. The lowest BCUT2D eigenvalue weighted by Crippen LogP contribution is -2.39. The summed E-state index contributed by atoms with van der Waals surface area (Å²) >= 11 is 0. The van der Waals surface area contributed by atoms with E-state index in [0.717, 1.165) is 44.3 Å². The molecule has 1 atom stereocenters. The van der Waals surface area contributed by atoms with Crippen molar-refractivity contribution in [1.29, 1.82) is 0 Å². The van der Waals surface area contributed by atoms with Gasteiger partial charge in [-0.1, -0.05) is 27.7 Å². The molecule has 6 nitrogen and oxygen atoms in total. The summed E-state index contributed by atoms with van der Waals surface area (Å²) in [5.41, 5.74) is 2.41. The van der Waals surface area contributed by atoms with Crippen LogP contribution in [-0.4, -0.2) is 53.5 Å². The van der Waals surface area contributed by atoms with Gasteiger partial charge in [-0.3, -0.25) is 9.67 Å². The maximum atomic E-state index is 5.83. The van der Waals surface area contributed by atoms with E-state index in [1.165, 1.54) is 5.56 Å². The first-order valence-corrected chi connectivity index (χ1v) is 9.93. The normalized spacial score (nSPS) is 13.5. The van der Waals surface area contributed by atoms with E-state index in [2.05, 4.69) is 70.1 Å². The minimum atomic E-state index is 0.266. The first kappa shape index (κ1) is 22.5. The zero-order valence-electron chi connectivity index (χ0n) is 18.0. The molecule has 1 aromatic rings. The predicted octanol–water partition coefficient (Wildman–Crippen LogP) is 3.39. The fourth-order valence-electron chi connectivity index (χ4n) is 3.08. The SMILES string of the molecule is CCNC(=NCCC(OCC)C(C)C)N(C)Cc1cn(C)nc1C(C)C. The van der Waals surface area contributed by atoms with E-state index in [9.17, 15) is 0 Å². The lowest BCUT2D eigenvalue weighted by Gasteiger charge is -2.23. The number of nitrogens with one attached hydrogen (secondary N) is 1. The van der Waals surface area contributed by atoms with Gasteiger partial charge in [0.05, 0.1) is 11.8 Å². The fourth-order valence-corrected chi connectivity index (χ4v) is 3.08. The summed E-state index contributed by atoms with van der Waals surface area (Å²) < 4.78 is 7.73. The van der Waals surface area contributed by atoms with E-state index in [1.54, 1.807) is 0 Å². The number of aryl methyl sites for hydroxylation is 1. The van der Waals surface area contributed by atoms with Gasteiger partial charge in [0.25, 0.3) is 0 Å². The van der Waals surface area contributed by atoms with Crippen LogP contribution in [0.25, 0.3) is 0 Å². The van der Waals surface area contributed by atoms with Crippen LogP contribution in [0, 0.1) is 5.92 Å². The highest BCUT2D eigenvalue weighted by molar-refractivity contribution is 5.79. The van der Waals surface area contributed by atoms with Crippen LogP contribution in [0.15, 0.2) is 11.2 Å². The second kappa shape index (κ2) is 11.2. The van der Waals surface area contributed by atoms with Crippen LogP contribution >= 0.6 is 0 Å². The second-order valence-corrected chi connectivity index (χ2v) is 7.49. The summed E-state index contributed by atoms with van der Waals surface area (Å²) in [5, 5.41) is 8.01. The van der Waals surface area contributed by atoms with E-state index in [0.29, 0.717) is 11.8 Å². The summed E-state index contributed by atoms with van der Waals surface area (Å²) in [6.07, 6.45) is 3.32. The van der Waals surface area contributed by atoms with Gasteiger partial charge < -0.3 is 15.0 Å². The van der Waals surface area contributed by atoms with Crippen LogP contribution in [0.4, 0.5) is 0 Å². The number of aliphatic imine (C=N–C) groups is 1. The van der Waals surface area contributed by atoms with E-state index >= 15 is 0 Å². The van der Waals surface area contributed by atoms with Crippen molar-refractivity contribution in [2.24, 2.45) is 18.0 Å². The largest absolute Gasteiger partial charge is 0.378 e. The van der Waals surface area contributed by atoms with E-state index < -0.39 is 0 Å². The van der Waals surface area contributed by atoms with E-state index in [-0.39, 0.29) is 6.10 Å². The van der Waals surface area contributed by atoms with Crippen LogP contribution in [-0.2, 0) is 18.3 Å². The molecule has 0 radical (unpaired) electrons. The molecule has 0 spiro atoms. The molecule has 26 heavy (non-hydrogen) atoms. The molecule has 1 aromatic heterocycles. The molecule has 0 amide bonds. The molecule has 1 rings (SSSR count). The molecule has 0 saturated carbocycles.